The van der Waals surface area contributed by atoms with Crippen molar-refractivity contribution in [2.75, 3.05) is 6.54 Å². The summed E-state index contributed by atoms with van der Waals surface area (Å²) in [4.78, 5) is 0.612. The summed E-state index contributed by atoms with van der Waals surface area (Å²) in [7, 11) is 0. The maximum atomic E-state index is 3.62. The summed E-state index contributed by atoms with van der Waals surface area (Å²) in [5.74, 6) is 1.47. The minimum Gasteiger partial charge on any atom is -0.314 e. The van der Waals surface area contributed by atoms with E-state index in [0.29, 0.717) is 10.9 Å². The van der Waals surface area contributed by atoms with E-state index in [1.165, 1.54) is 0 Å². The largest absolute Gasteiger partial charge is 0.314 e. The number of halogens is 1. The molecule has 0 aliphatic rings. The second-order valence-corrected chi connectivity index (χ2v) is 5.52. The number of nitrogens with one attached hydrogen (secondary N) is 1. The highest BCUT2D eigenvalue weighted by molar-refractivity contribution is 9.09. The summed E-state index contributed by atoms with van der Waals surface area (Å²) >= 11 is 3.62. The predicted octanol–water partition coefficient (Wildman–Crippen LogP) is 3.04. The van der Waals surface area contributed by atoms with E-state index < -0.39 is 0 Å². The highest BCUT2D eigenvalue weighted by Gasteiger charge is 2.16. The van der Waals surface area contributed by atoms with Crippen LogP contribution in [0.4, 0.5) is 0 Å². The maximum absolute atomic E-state index is 3.62. The van der Waals surface area contributed by atoms with Gasteiger partial charge in [0.25, 0.3) is 0 Å². The molecule has 0 aromatic heterocycles. The molecule has 1 unspecified atom stereocenters. The lowest BCUT2D eigenvalue weighted by molar-refractivity contribution is 0.357. The lowest BCUT2D eigenvalue weighted by Gasteiger charge is -2.23. The quantitative estimate of drug-likeness (QED) is 0.723. The van der Waals surface area contributed by atoms with Crippen molar-refractivity contribution < 1.29 is 0 Å². The Labute approximate surface area is 85.4 Å². The van der Waals surface area contributed by atoms with Crippen LogP contribution in [-0.2, 0) is 0 Å². The molecule has 0 amide bonds. The molecule has 0 aliphatic carbocycles. The standard InChI is InChI=1S/C10H22BrN/c1-7(2)12-6-8(3)9(4)10(5)11/h7-10,12H,6H2,1-5H3/t8?,9-,10-/m0/s1. The van der Waals surface area contributed by atoms with Gasteiger partial charge < -0.3 is 5.32 Å². The van der Waals surface area contributed by atoms with Gasteiger partial charge in [-0.3, -0.25) is 0 Å². The Kier molecular flexibility index (Phi) is 6.20. The van der Waals surface area contributed by atoms with Crippen molar-refractivity contribution in [3.8, 4) is 0 Å². The minimum absolute atomic E-state index is 0.602. The zero-order valence-corrected chi connectivity index (χ0v) is 10.5. The van der Waals surface area contributed by atoms with Gasteiger partial charge in [-0.1, -0.05) is 50.5 Å². The predicted molar refractivity (Wildman–Crippen MR) is 59.9 cm³/mol. The van der Waals surface area contributed by atoms with Gasteiger partial charge in [-0.25, -0.2) is 0 Å². The lowest BCUT2D eigenvalue weighted by Crippen LogP contribution is -2.32. The molecule has 0 aromatic carbocycles. The van der Waals surface area contributed by atoms with Gasteiger partial charge in [-0.2, -0.15) is 0 Å². The van der Waals surface area contributed by atoms with E-state index in [2.05, 4.69) is 55.9 Å². The van der Waals surface area contributed by atoms with E-state index in [-0.39, 0.29) is 0 Å². The average Bonchev–Trinajstić information content (AvgIpc) is 1.98. The van der Waals surface area contributed by atoms with Crippen LogP contribution in [0.2, 0.25) is 0 Å². The smallest absolute Gasteiger partial charge is 0.0146 e. The van der Waals surface area contributed by atoms with Crippen molar-refractivity contribution in [2.24, 2.45) is 11.8 Å². The molecule has 1 N–H and O–H groups in total. The van der Waals surface area contributed by atoms with Crippen molar-refractivity contribution >= 4 is 15.9 Å². The van der Waals surface area contributed by atoms with E-state index in [0.717, 1.165) is 18.4 Å². The van der Waals surface area contributed by atoms with Crippen LogP contribution in [0.1, 0.15) is 34.6 Å². The molecule has 3 atom stereocenters. The fourth-order valence-electron chi connectivity index (χ4n) is 1.06. The molecule has 2 heteroatoms. The van der Waals surface area contributed by atoms with Crippen LogP contribution in [0.25, 0.3) is 0 Å². The maximum Gasteiger partial charge on any atom is 0.0146 e. The summed E-state index contributed by atoms with van der Waals surface area (Å²) < 4.78 is 0. The molecule has 0 heterocycles. The highest BCUT2D eigenvalue weighted by Crippen LogP contribution is 2.20. The molecule has 0 rings (SSSR count). The first-order valence-corrected chi connectivity index (χ1v) is 5.74. The molecule has 0 radical (unpaired) electrons. The Bertz CT molecular complexity index is 112. The number of alkyl halides is 1. The van der Waals surface area contributed by atoms with Crippen LogP contribution in [0, 0.1) is 11.8 Å². The van der Waals surface area contributed by atoms with E-state index in [4.69, 9.17) is 0 Å². The van der Waals surface area contributed by atoms with Crippen molar-refractivity contribution in [3.05, 3.63) is 0 Å². The van der Waals surface area contributed by atoms with Gasteiger partial charge in [0, 0.05) is 10.9 Å². The van der Waals surface area contributed by atoms with Crippen LogP contribution in [0.5, 0.6) is 0 Å². The first-order chi connectivity index (χ1) is 5.45. The Morgan fingerprint density at radius 3 is 1.92 bits per heavy atom. The minimum atomic E-state index is 0.602. The summed E-state index contributed by atoms with van der Waals surface area (Å²) in [6.07, 6.45) is 0. The molecule has 0 bridgehead atoms. The van der Waals surface area contributed by atoms with Gasteiger partial charge in [0.1, 0.15) is 0 Å². The Hall–Kier alpha value is 0.440. The molecule has 0 saturated heterocycles. The molecule has 0 aliphatic heterocycles. The third-order valence-corrected chi connectivity index (χ3v) is 3.30. The van der Waals surface area contributed by atoms with Crippen molar-refractivity contribution in [1.29, 1.82) is 0 Å². The van der Waals surface area contributed by atoms with E-state index >= 15 is 0 Å². The van der Waals surface area contributed by atoms with E-state index in [1.54, 1.807) is 0 Å². The molecule has 0 aromatic rings. The summed E-state index contributed by atoms with van der Waals surface area (Å²) in [6.45, 7) is 12.3. The van der Waals surface area contributed by atoms with Crippen molar-refractivity contribution in [2.45, 2.75) is 45.5 Å². The second kappa shape index (κ2) is 5.98. The number of hydrogen-bond donors (Lipinski definition) is 1. The molecular formula is C10H22BrN. The first-order valence-electron chi connectivity index (χ1n) is 4.82. The Morgan fingerprint density at radius 1 is 1.08 bits per heavy atom. The average molecular weight is 236 g/mol. The van der Waals surface area contributed by atoms with Gasteiger partial charge >= 0.3 is 0 Å². The number of rotatable bonds is 5. The van der Waals surface area contributed by atoms with Crippen LogP contribution in [0.3, 0.4) is 0 Å². The second-order valence-electron chi connectivity index (χ2n) is 4.08. The van der Waals surface area contributed by atoms with Gasteiger partial charge in [-0.05, 0) is 18.4 Å². The van der Waals surface area contributed by atoms with E-state index in [9.17, 15) is 0 Å². The van der Waals surface area contributed by atoms with Gasteiger partial charge in [-0.15, -0.1) is 0 Å². The molecule has 74 valence electrons. The summed E-state index contributed by atoms with van der Waals surface area (Å²) in [6, 6.07) is 0.602. The van der Waals surface area contributed by atoms with Crippen LogP contribution in [0.15, 0.2) is 0 Å². The fraction of sp³-hybridized carbons (Fsp3) is 1.00. The van der Waals surface area contributed by atoms with Crippen molar-refractivity contribution in [3.63, 3.8) is 0 Å². The zero-order valence-electron chi connectivity index (χ0n) is 8.89. The molecule has 0 saturated carbocycles. The van der Waals surface area contributed by atoms with Gasteiger partial charge in [0.05, 0.1) is 0 Å². The van der Waals surface area contributed by atoms with E-state index in [1.807, 2.05) is 0 Å². The van der Waals surface area contributed by atoms with Crippen LogP contribution in [-0.4, -0.2) is 17.4 Å². The molecule has 0 fully saturated rings. The third-order valence-electron chi connectivity index (χ3n) is 2.47. The first kappa shape index (κ1) is 12.4. The third kappa shape index (κ3) is 5.15. The molecule has 1 nitrogen and oxygen atoms in total. The lowest BCUT2D eigenvalue weighted by atomic mass is 9.93. The van der Waals surface area contributed by atoms with Gasteiger partial charge in [0.2, 0.25) is 0 Å². The monoisotopic (exact) mass is 235 g/mol. The summed E-state index contributed by atoms with van der Waals surface area (Å²) in [5.41, 5.74) is 0. The normalized spacial score (nSPS) is 19.2. The van der Waals surface area contributed by atoms with Crippen molar-refractivity contribution in [1.82, 2.24) is 5.32 Å². The Balaban J connectivity index is 3.64. The molecular weight excluding hydrogens is 214 g/mol. The topological polar surface area (TPSA) is 12.0 Å². The summed E-state index contributed by atoms with van der Waals surface area (Å²) in [5, 5.41) is 3.46. The fourth-order valence-corrected chi connectivity index (χ4v) is 1.58. The molecule has 0 spiro atoms. The molecule has 12 heavy (non-hydrogen) atoms. The SMILES string of the molecule is CC(C)NCC(C)[C@H](C)[C@H](C)Br. The highest BCUT2D eigenvalue weighted by atomic mass is 79.9. The zero-order chi connectivity index (χ0) is 9.72. The Morgan fingerprint density at radius 2 is 1.58 bits per heavy atom. The van der Waals surface area contributed by atoms with Crippen LogP contribution >= 0.6 is 15.9 Å². The van der Waals surface area contributed by atoms with Gasteiger partial charge in [0.15, 0.2) is 0 Å². The number of hydrogen-bond acceptors (Lipinski definition) is 1. The van der Waals surface area contributed by atoms with Crippen LogP contribution < -0.4 is 5.32 Å².